The number of rotatable bonds is 7. The van der Waals surface area contributed by atoms with Gasteiger partial charge in [-0.2, -0.15) is 0 Å². The highest BCUT2D eigenvalue weighted by Crippen LogP contribution is 2.12. The molecule has 19 heavy (non-hydrogen) atoms. The lowest BCUT2D eigenvalue weighted by atomic mass is 10.0. The van der Waals surface area contributed by atoms with Crippen LogP contribution in [0.25, 0.3) is 0 Å². The summed E-state index contributed by atoms with van der Waals surface area (Å²) < 4.78 is 0. The van der Waals surface area contributed by atoms with E-state index >= 15 is 0 Å². The molecular weight excluding hydrogens is 240 g/mol. The predicted molar refractivity (Wildman–Crippen MR) is 76.7 cm³/mol. The first-order chi connectivity index (χ1) is 9.13. The van der Waals surface area contributed by atoms with E-state index in [0.29, 0.717) is 6.42 Å². The van der Waals surface area contributed by atoms with Gasteiger partial charge in [-0.1, -0.05) is 33.1 Å². The molecule has 0 bridgehead atoms. The van der Waals surface area contributed by atoms with Gasteiger partial charge in [-0.15, -0.1) is 0 Å². The molecule has 2 amide bonds. The molecule has 2 N–H and O–H groups in total. The molecule has 1 aliphatic heterocycles. The third kappa shape index (κ3) is 6.60. The molecule has 0 radical (unpaired) electrons. The summed E-state index contributed by atoms with van der Waals surface area (Å²) in [5.74, 6) is 0.743. The van der Waals surface area contributed by atoms with Crippen LogP contribution in [0.15, 0.2) is 0 Å². The second kappa shape index (κ2) is 8.94. The molecule has 1 rings (SSSR count). The zero-order valence-corrected chi connectivity index (χ0v) is 12.3. The zero-order chi connectivity index (χ0) is 14.1. The molecule has 1 aliphatic rings. The van der Waals surface area contributed by atoms with Crippen molar-refractivity contribution in [3.05, 3.63) is 0 Å². The highest BCUT2D eigenvalue weighted by molar-refractivity contribution is 5.87. The second-order valence-corrected chi connectivity index (χ2v) is 5.67. The average molecular weight is 268 g/mol. The third-order valence-electron chi connectivity index (χ3n) is 3.92. The van der Waals surface area contributed by atoms with Crippen molar-refractivity contribution in [3.63, 3.8) is 0 Å². The summed E-state index contributed by atoms with van der Waals surface area (Å²) in [7, 11) is 0. The van der Waals surface area contributed by atoms with Gasteiger partial charge in [-0.3, -0.25) is 9.59 Å². The standard InChI is InChI=1S/C15H28N2O2/c1-3-12(2)8-4-5-10-14(18)17-13-9-6-7-11-16-15(13)19/h12-13H,3-11H2,1-2H3,(H,16,19)(H,17,18)/t12?,13-/m0/s1. The van der Waals surface area contributed by atoms with Crippen LogP contribution in [0.5, 0.6) is 0 Å². The van der Waals surface area contributed by atoms with E-state index in [-0.39, 0.29) is 17.9 Å². The first kappa shape index (κ1) is 16.0. The Hall–Kier alpha value is -1.06. The Labute approximate surface area is 116 Å². The Kier molecular flexibility index (Phi) is 7.53. The molecule has 1 unspecified atom stereocenters. The van der Waals surface area contributed by atoms with Crippen LogP contribution in [-0.2, 0) is 9.59 Å². The van der Waals surface area contributed by atoms with E-state index in [1.165, 1.54) is 12.8 Å². The summed E-state index contributed by atoms with van der Waals surface area (Å²) in [5.41, 5.74) is 0. The molecule has 4 heteroatoms. The van der Waals surface area contributed by atoms with Crippen molar-refractivity contribution in [1.82, 2.24) is 10.6 Å². The summed E-state index contributed by atoms with van der Waals surface area (Å²) in [5, 5.41) is 5.70. The first-order valence-corrected chi connectivity index (χ1v) is 7.70. The first-order valence-electron chi connectivity index (χ1n) is 7.70. The number of carbonyl (C=O) groups excluding carboxylic acids is 2. The van der Waals surface area contributed by atoms with Crippen molar-refractivity contribution in [2.45, 2.75) is 71.3 Å². The van der Waals surface area contributed by atoms with E-state index in [0.717, 1.165) is 44.6 Å². The predicted octanol–water partition coefficient (Wildman–Crippen LogP) is 2.38. The molecule has 2 atom stereocenters. The number of unbranched alkanes of at least 4 members (excludes halogenated alkanes) is 1. The van der Waals surface area contributed by atoms with Crippen molar-refractivity contribution in [3.8, 4) is 0 Å². The summed E-state index contributed by atoms with van der Waals surface area (Å²) in [6, 6.07) is -0.315. The van der Waals surface area contributed by atoms with Crippen LogP contribution in [0.1, 0.15) is 65.2 Å². The highest BCUT2D eigenvalue weighted by atomic mass is 16.2. The average Bonchev–Trinajstić information content (AvgIpc) is 2.60. The Morgan fingerprint density at radius 3 is 2.95 bits per heavy atom. The fraction of sp³-hybridized carbons (Fsp3) is 0.867. The minimum absolute atomic E-state index is 0.0196. The summed E-state index contributed by atoms with van der Waals surface area (Å²) in [6.07, 6.45) is 7.72. The van der Waals surface area contributed by atoms with Gasteiger partial charge in [0.1, 0.15) is 6.04 Å². The van der Waals surface area contributed by atoms with Gasteiger partial charge >= 0.3 is 0 Å². The van der Waals surface area contributed by atoms with Crippen LogP contribution in [0.2, 0.25) is 0 Å². The molecule has 1 saturated heterocycles. The summed E-state index contributed by atoms with van der Waals surface area (Å²) in [6.45, 7) is 5.18. The number of hydrogen-bond donors (Lipinski definition) is 2. The maximum atomic E-state index is 11.8. The van der Waals surface area contributed by atoms with Gasteiger partial charge in [0.2, 0.25) is 11.8 Å². The third-order valence-corrected chi connectivity index (χ3v) is 3.92. The fourth-order valence-electron chi connectivity index (χ4n) is 2.33. The van der Waals surface area contributed by atoms with Crippen molar-refractivity contribution in [1.29, 1.82) is 0 Å². The Balaban J connectivity index is 2.17. The zero-order valence-electron chi connectivity index (χ0n) is 12.3. The lowest BCUT2D eigenvalue weighted by molar-refractivity contribution is -0.128. The largest absolute Gasteiger partial charge is 0.354 e. The molecule has 0 saturated carbocycles. The lowest BCUT2D eigenvalue weighted by Crippen LogP contribution is -2.45. The molecule has 1 heterocycles. The quantitative estimate of drug-likeness (QED) is 0.696. The van der Waals surface area contributed by atoms with E-state index in [9.17, 15) is 9.59 Å². The Morgan fingerprint density at radius 2 is 2.21 bits per heavy atom. The normalized spacial score (nSPS) is 21.4. The minimum atomic E-state index is -0.315. The van der Waals surface area contributed by atoms with E-state index in [2.05, 4.69) is 24.5 Å². The van der Waals surface area contributed by atoms with Crippen LogP contribution >= 0.6 is 0 Å². The van der Waals surface area contributed by atoms with Crippen molar-refractivity contribution in [2.24, 2.45) is 5.92 Å². The molecule has 0 aromatic rings. The van der Waals surface area contributed by atoms with Gasteiger partial charge in [0, 0.05) is 13.0 Å². The SMILES string of the molecule is CCC(C)CCCCC(=O)N[C@H]1CCCCNC1=O. The Morgan fingerprint density at radius 1 is 1.42 bits per heavy atom. The topological polar surface area (TPSA) is 58.2 Å². The molecule has 0 aromatic carbocycles. The smallest absolute Gasteiger partial charge is 0.242 e. The van der Waals surface area contributed by atoms with Crippen molar-refractivity contribution >= 4 is 11.8 Å². The van der Waals surface area contributed by atoms with Crippen molar-refractivity contribution in [2.75, 3.05) is 6.54 Å². The summed E-state index contributed by atoms with van der Waals surface area (Å²) in [4.78, 5) is 23.5. The van der Waals surface area contributed by atoms with E-state index in [4.69, 9.17) is 0 Å². The number of hydrogen-bond acceptors (Lipinski definition) is 2. The van der Waals surface area contributed by atoms with Crippen molar-refractivity contribution < 1.29 is 9.59 Å². The van der Waals surface area contributed by atoms with Crippen LogP contribution in [-0.4, -0.2) is 24.4 Å². The monoisotopic (exact) mass is 268 g/mol. The lowest BCUT2D eigenvalue weighted by Gasteiger charge is -2.15. The van der Waals surface area contributed by atoms with Gasteiger partial charge in [0.05, 0.1) is 0 Å². The van der Waals surface area contributed by atoms with Crippen LogP contribution in [0.4, 0.5) is 0 Å². The number of nitrogens with one attached hydrogen (secondary N) is 2. The van der Waals surface area contributed by atoms with Crippen LogP contribution in [0.3, 0.4) is 0 Å². The van der Waals surface area contributed by atoms with Gasteiger partial charge in [0.25, 0.3) is 0 Å². The maximum Gasteiger partial charge on any atom is 0.242 e. The molecule has 1 fully saturated rings. The molecule has 0 aromatic heterocycles. The van der Waals surface area contributed by atoms with Gasteiger partial charge in [0.15, 0.2) is 0 Å². The molecule has 4 nitrogen and oxygen atoms in total. The van der Waals surface area contributed by atoms with E-state index in [1.54, 1.807) is 0 Å². The second-order valence-electron chi connectivity index (χ2n) is 5.67. The van der Waals surface area contributed by atoms with Crippen LogP contribution < -0.4 is 10.6 Å². The fourth-order valence-corrected chi connectivity index (χ4v) is 2.33. The van der Waals surface area contributed by atoms with Gasteiger partial charge in [-0.25, -0.2) is 0 Å². The van der Waals surface area contributed by atoms with E-state index in [1.807, 2.05) is 0 Å². The molecular formula is C15H28N2O2. The number of amides is 2. The number of carbonyl (C=O) groups is 2. The van der Waals surface area contributed by atoms with Crippen LogP contribution in [0, 0.1) is 5.92 Å². The maximum absolute atomic E-state index is 11.8. The minimum Gasteiger partial charge on any atom is -0.354 e. The van der Waals surface area contributed by atoms with Gasteiger partial charge < -0.3 is 10.6 Å². The molecule has 110 valence electrons. The summed E-state index contributed by atoms with van der Waals surface area (Å²) >= 11 is 0. The molecule has 0 spiro atoms. The molecule has 0 aliphatic carbocycles. The van der Waals surface area contributed by atoms with Gasteiger partial charge in [-0.05, 0) is 31.6 Å². The van der Waals surface area contributed by atoms with E-state index < -0.39 is 0 Å². The highest BCUT2D eigenvalue weighted by Gasteiger charge is 2.21. The Bertz CT molecular complexity index is 292.